The maximum absolute atomic E-state index is 13.8. The summed E-state index contributed by atoms with van der Waals surface area (Å²) >= 11 is 0. The number of alkyl halides is 3. The Morgan fingerprint density at radius 3 is 2.20 bits per heavy atom. The average molecular weight is 551 g/mol. The van der Waals surface area contributed by atoms with E-state index in [1.165, 1.54) is 12.1 Å². The van der Waals surface area contributed by atoms with Crippen molar-refractivity contribution in [3.8, 4) is 11.5 Å². The average Bonchev–Trinajstić information content (AvgIpc) is 3.21. The second-order valence-electron chi connectivity index (χ2n) is 10.7. The largest absolute Gasteiger partial charge is 0.490 e. The van der Waals surface area contributed by atoms with E-state index in [2.05, 4.69) is 0 Å². The molecule has 9 heteroatoms. The monoisotopic (exact) mass is 550 g/mol. The quantitative estimate of drug-likeness (QED) is 0.365. The van der Waals surface area contributed by atoms with Gasteiger partial charge in [0.15, 0.2) is 11.5 Å². The molecule has 6 rings (SSSR count). The van der Waals surface area contributed by atoms with Crippen molar-refractivity contribution in [3.63, 3.8) is 0 Å². The van der Waals surface area contributed by atoms with Crippen LogP contribution in [0.5, 0.6) is 11.5 Å². The molecule has 3 aliphatic heterocycles. The molecular weight excluding hydrogens is 521 g/mol. The Kier molecular flexibility index (Phi) is 6.47. The lowest BCUT2D eigenvalue weighted by atomic mass is 9.62. The van der Waals surface area contributed by atoms with Gasteiger partial charge >= 0.3 is 6.18 Å². The third-order valence-corrected chi connectivity index (χ3v) is 8.23. The number of amides is 2. The zero-order valence-electron chi connectivity index (χ0n) is 22.0. The molecule has 0 bridgehead atoms. The zero-order valence-corrected chi connectivity index (χ0v) is 22.0. The van der Waals surface area contributed by atoms with Crippen LogP contribution in [0.3, 0.4) is 0 Å². The van der Waals surface area contributed by atoms with Gasteiger partial charge in [-0.25, -0.2) is 0 Å². The molecule has 2 saturated heterocycles. The number of nitrogens with zero attached hydrogens (tertiary/aromatic N) is 2. The Balaban J connectivity index is 1.24. The van der Waals surface area contributed by atoms with Gasteiger partial charge < -0.3 is 19.3 Å². The zero-order chi connectivity index (χ0) is 28.1. The van der Waals surface area contributed by atoms with Gasteiger partial charge in [-0.05, 0) is 67.8 Å². The molecule has 1 atom stereocenters. The fraction of sp³-hybridized carbons (Fsp3) is 0.355. The van der Waals surface area contributed by atoms with Crippen LogP contribution in [-0.2, 0) is 11.0 Å². The van der Waals surface area contributed by atoms with Crippen molar-refractivity contribution in [3.05, 3.63) is 89.0 Å². The number of halogens is 3. The molecule has 0 aromatic heterocycles. The van der Waals surface area contributed by atoms with Gasteiger partial charge in [0.1, 0.15) is 0 Å². The van der Waals surface area contributed by atoms with Crippen LogP contribution in [-0.4, -0.2) is 43.0 Å². The van der Waals surface area contributed by atoms with Crippen LogP contribution in [0.4, 0.5) is 18.9 Å². The lowest BCUT2D eigenvalue weighted by molar-refractivity contribution is -0.144. The van der Waals surface area contributed by atoms with Crippen LogP contribution in [0, 0.1) is 12.3 Å². The smallest absolute Gasteiger partial charge is 0.416 e. The number of piperidine rings is 1. The van der Waals surface area contributed by atoms with E-state index >= 15 is 0 Å². The minimum Gasteiger partial charge on any atom is -0.490 e. The summed E-state index contributed by atoms with van der Waals surface area (Å²) in [5, 5.41) is 0. The number of hydrogen-bond acceptors (Lipinski definition) is 4. The van der Waals surface area contributed by atoms with Crippen LogP contribution in [0.25, 0.3) is 0 Å². The minimum atomic E-state index is -4.45. The summed E-state index contributed by atoms with van der Waals surface area (Å²) in [7, 11) is 0. The van der Waals surface area contributed by atoms with Crippen molar-refractivity contribution in [1.82, 2.24) is 4.90 Å². The van der Waals surface area contributed by atoms with Crippen molar-refractivity contribution in [2.75, 3.05) is 31.2 Å². The van der Waals surface area contributed by atoms with Gasteiger partial charge in [0, 0.05) is 30.8 Å². The van der Waals surface area contributed by atoms with E-state index < -0.39 is 17.2 Å². The van der Waals surface area contributed by atoms with E-state index in [1.54, 1.807) is 28.0 Å². The van der Waals surface area contributed by atoms with Crippen molar-refractivity contribution < 1.29 is 32.2 Å². The van der Waals surface area contributed by atoms with Gasteiger partial charge in [0.2, 0.25) is 5.91 Å². The van der Waals surface area contributed by atoms with Crippen LogP contribution < -0.4 is 14.4 Å². The van der Waals surface area contributed by atoms with Gasteiger partial charge in [-0.1, -0.05) is 29.8 Å². The molecule has 40 heavy (non-hydrogen) atoms. The SMILES string of the molecule is Cc1ccc(C2N(c3ccc(C(F)(F)F)cc3)C(=O)C23CCN(C(=O)c2ccc4c(c2)OCCCO4)CC3)cc1. The lowest BCUT2D eigenvalue weighted by Crippen LogP contribution is -2.67. The van der Waals surface area contributed by atoms with E-state index in [9.17, 15) is 22.8 Å². The molecule has 0 radical (unpaired) electrons. The first-order chi connectivity index (χ1) is 19.2. The van der Waals surface area contributed by atoms with Gasteiger partial charge in [0.25, 0.3) is 5.91 Å². The maximum Gasteiger partial charge on any atom is 0.416 e. The lowest BCUT2D eigenvalue weighted by Gasteiger charge is -2.59. The maximum atomic E-state index is 13.8. The van der Waals surface area contributed by atoms with E-state index in [1.807, 2.05) is 31.2 Å². The summed E-state index contributed by atoms with van der Waals surface area (Å²) in [6.07, 6.45) is -2.77. The first kappa shape index (κ1) is 26.2. The number of likely N-dealkylation sites (tertiary alicyclic amines) is 1. The van der Waals surface area contributed by atoms with Crippen molar-refractivity contribution in [1.29, 1.82) is 0 Å². The number of carbonyl (C=O) groups excluding carboxylic acids is 2. The number of hydrogen-bond donors (Lipinski definition) is 0. The van der Waals surface area contributed by atoms with E-state index in [4.69, 9.17) is 9.47 Å². The number of rotatable bonds is 3. The summed E-state index contributed by atoms with van der Waals surface area (Å²) in [5.74, 6) is 0.915. The molecule has 0 saturated carbocycles. The second kappa shape index (κ2) is 9.87. The molecule has 1 unspecified atom stereocenters. The highest BCUT2D eigenvalue weighted by molar-refractivity contribution is 6.06. The van der Waals surface area contributed by atoms with E-state index in [0.717, 1.165) is 29.7 Å². The van der Waals surface area contributed by atoms with Gasteiger partial charge in [0.05, 0.1) is 30.2 Å². The van der Waals surface area contributed by atoms with E-state index in [0.29, 0.717) is 61.9 Å². The molecule has 3 aromatic carbocycles. The predicted molar refractivity (Wildman–Crippen MR) is 142 cm³/mol. The Labute approximate surface area is 230 Å². The molecule has 3 aliphatic rings. The number of β-lactam (4-membered cyclic amide) rings is 1. The Hall–Kier alpha value is -4.01. The van der Waals surface area contributed by atoms with E-state index in [-0.39, 0.29) is 17.9 Å². The standard InChI is InChI=1S/C31H29F3N2O4/c1-20-3-5-21(6-4-20)27-30(29(38)36(27)24-10-8-23(9-11-24)31(32,33)34)13-15-35(16-14-30)28(37)22-7-12-25-26(19-22)40-18-2-17-39-25/h3-12,19,27H,2,13-18H2,1H3. The molecular formula is C31H29F3N2O4. The first-order valence-corrected chi connectivity index (χ1v) is 13.4. The summed E-state index contributed by atoms with van der Waals surface area (Å²) < 4.78 is 50.9. The van der Waals surface area contributed by atoms with Crippen LogP contribution in [0.15, 0.2) is 66.7 Å². The van der Waals surface area contributed by atoms with Crippen LogP contribution >= 0.6 is 0 Å². The van der Waals surface area contributed by atoms with Gasteiger partial charge in [-0.2, -0.15) is 13.2 Å². The number of carbonyl (C=O) groups is 2. The molecule has 6 nitrogen and oxygen atoms in total. The molecule has 3 aromatic rings. The minimum absolute atomic E-state index is 0.125. The molecule has 0 aliphatic carbocycles. The molecule has 0 N–H and O–H groups in total. The number of benzene rings is 3. The topological polar surface area (TPSA) is 59.1 Å². The van der Waals surface area contributed by atoms with Gasteiger partial charge in [-0.15, -0.1) is 0 Å². The summed E-state index contributed by atoms with van der Waals surface area (Å²) in [6.45, 7) is 3.84. The summed E-state index contributed by atoms with van der Waals surface area (Å²) in [5.41, 5.74) is 1.43. The number of aryl methyl sites for hydroxylation is 1. The van der Waals surface area contributed by atoms with Gasteiger partial charge in [-0.3, -0.25) is 9.59 Å². The number of anilines is 1. The number of ether oxygens (including phenoxy) is 2. The highest BCUT2D eigenvalue weighted by Gasteiger charge is 2.62. The Morgan fingerprint density at radius 1 is 0.900 bits per heavy atom. The fourth-order valence-electron chi connectivity index (χ4n) is 6.02. The fourth-order valence-corrected chi connectivity index (χ4v) is 6.02. The van der Waals surface area contributed by atoms with Crippen molar-refractivity contribution >= 4 is 17.5 Å². The Bertz CT molecular complexity index is 1430. The van der Waals surface area contributed by atoms with Crippen molar-refractivity contribution in [2.24, 2.45) is 5.41 Å². The summed E-state index contributed by atoms with van der Waals surface area (Å²) in [6, 6.07) is 17.5. The van der Waals surface area contributed by atoms with Crippen LogP contribution in [0.1, 0.15) is 52.4 Å². The molecule has 2 amide bonds. The highest BCUT2D eigenvalue weighted by Crippen LogP contribution is 2.57. The first-order valence-electron chi connectivity index (χ1n) is 13.4. The normalized spacial score (nSPS) is 20.2. The number of fused-ring (bicyclic) bond motifs is 1. The Morgan fingerprint density at radius 2 is 1.55 bits per heavy atom. The summed E-state index contributed by atoms with van der Waals surface area (Å²) in [4.78, 5) is 30.5. The molecule has 2 fully saturated rings. The molecule has 3 heterocycles. The third-order valence-electron chi connectivity index (χ3n) is 8.23. The molecule has 1 spiro atoms. The predicted octanol–water partition coefficient (Wildman–Crippen LogP) is 6.19. The second-order valence-corrected chi connectivity index (χ2v) is 10.7. The third kappa shape index (κ3) is 4.47. The molecule has 208 valence electrons. The van der Waals surface area contributed by atoms with Crippen molar-refractivity contribution in [2.45, 2.75) is 38.4 Å². The highest BCUT2D eigenvalue weighted by atomic mass is 19.4. The van der Waals surface area contributed by atoms with Crippen LogP contribution in [0.2, 0.25) is 0 Å².